The quantitative estimate of drug-likeness (QED) is 0.473. The molecule has 1 N–H and O–H groups in total. The molecule has 0 saturated carbocycles. The number of sulfonamides is 1. The number of carbonyl (C=O) groups excluding carboxylic acids is 2. The Balaban J connectivity index is 2.38. The van der Waals surface area contributed by atoms with Crippen molar-refractivity contribution in [3.05, 3.63) is 58.6 Å². The number of nitrogens with one attached hydrogen (secondary N) is 1. The molecule has 0 spiro atoms. The van der Waals surface area contributed by atoms with Crippen LogP contribution in [0.25, 0.3) is 0 Å². The van der Waals surface area contributed by atoms with Gasteiger partial charge in [0.1, 0.15) is 18.3 Å². The van der Waals surface area contributed by atoms with Crippen LogP contribution in [0.2, 0.25) is 0 Å². The van der Waals surface area contributed by atoms with Gasteiger partial charge in [-0.1, -0.05) is 41.1 Å². The van der Waals surface area contributed by atoms with Crippen molar-refractivity contribution in [2.75, 3.05) is 30.8 Å². The number of hydrogen-bond acceptors (Lipinski definition) is 5. The summed E-state index contributed by atoms with van der Waals surface area (Å²) in [4.78, 5) is 27.5. The minimum atomic E-state index is -3.79. The van der Waals surface area contributed by atoms with Crippen molar-refractivity contribution in [2.24, 2.45) is 0 Å². The van der Waals surface area contributed by atoms with Crippen LogP contribution in [0.15, 0.2) is 53.0 Å². The molecule has 0 unspecified atom stereocenters. The predicted molar refractivity (Wildman–Crippen MR) is 133 cm³/mol. The lowest BCUT2D eigenvalue weighted by Crippen LogP contribution is -2.51. The van der Waals surface area contributed by atoms with Gasteiger partial charge in [-0.3, -0.25) is 13.9 Å². The van der Waals surface area contributed by atoms with E-state index in [1.807, 2.05) is 31.2 Å². The third-order valence-corrected chi connectivity index (χ3v) is 6.61. The van der Waals surface area contributed by atoms with Crippen molar-refractivity contribution in [3.8, 4) is 5.75 Å². The largest absolute Gasteiger partial charge is 0.497 e. The number of hydrogen-bond donors (Lipinski definition) is 1. The van der Waals surface area contributed by atoms with Gasteiger partial charge in [0.05, 0.1) is 19.1 Å². The summed E-state index contributed by atoms with van der Waals surface area (Å²) in [5.74, 6) is -0.332. The Morgan fingerprint density at radius 2 is 1.85 bits per heavy atom. The second-order valence-electron chi connectivity index (χ2n) is 7.59. The van der Waals surface area contributed by atoms with E-state index in [4.69, 9.17) is 4.74 Å². The molecule has 2 rings (SSSR count). The first-order valence-corrected chi connectivity index (χ1v) is 13.1. The SMILES string of the molecule is CCCNC(=O)[C@@H](C)N(Cc1cccc(Br)c1)C(=O)CN(c1cccc(OC)c1)S(C)(=O)=O. The van der Waals surface area contributed by atoms with E-state index < -0.39 is 28.5 Å². The molecule has 8 nitrogen and oxygen atoms in total. The van der Waals surface area contributed by atoms with Crippen molar-refractivity contribution >= 4 is 43.5 Å². The van der Waals surface area contributed by atoms with E-state index in [0.29, 0.717) is 18.0 Å². The molecule has 33 heavy (non-hydrogen) atoms. The number of halogens is 1. The average Bonchev–Trinajstić information content (AvgIpc) is 2.78. The number of methoxy groups -OCH3 is 1. The number of ether oxygens (including phenoxy) is 1. The van der Waals surface area contributed by atoms with Crippen molar-refractivity contribution in [1.82, 2.24) is 10.2 Å². The standard InChI is InChI=1S/C23H30BrN3O5S/c1-5-12-25-23(29)17(2)26(15-18-8-6-9-19(24)13-18)22(28)16-27(33(4,30)31)20-10-7-11-21(14-20)32-3/h6-11,13-14,17H,5,12,15-16H2,1-4H3,(H,25,29)/t17-/m1/s1. The van der Waals surface area contributed by atoms with Gasteiger partial charge in [-0.05, 0) is 43.2 Å². The van der Waals surface area contributed by atoms with Gasteiger partial charge in [0.25, 0.3) is 0 Å². The summed E-state index contributed by atoms with van der Waals surface area (Å²) in [7, 11) is -2.31. The highest BCUT2D eigenvalue weighted by Gasteiger charge is 2.30. The minimum Gasteiger partial charge on any atom is -0.497 e. The smallest absolute Gasteiger partial charge is 0.244 e. The zero-order valence-corrected chi connectivity index (χ0v) is 21.6. The molecule has 0 aliphatic carbocycles. The molecule has 0 heterocycles. The third kappa shape index (κ3) is 7.75. The fourth-order valence-electron chi connectivity index (χ4n) is 3.19. The van der Waals surface area contributed by atoms with Crippen LogP contribution in [-0.4, -0.2) is 57.6 Å². The molecule has 0 radical (unpaired) electrons. The molecule has 0 saturated heterocycles. The molecule has 0 fully saturated rings. The van der Waals surface area contributed by atoms with Gasteiger partial charge in [-0.2, -0.15) is 0 Å². The number of carbonyl (C=O) groups is 2. The molecule has 0 bridgehead atoms. The maximum atomic E-state index is 13.4. The number of benzene rings is 2. The van der Waals surface area contributed by atoms with Crippen molar-refractivity contribution in [2.45, 2.75) is 32.9 Å². The molecule has 10 heteroatoms. The summed E-state index contributed by atoms with van der Waals surface area (Å²) in [5.41, 5.74) is 1.11. The molecular weight excluding hydrogens is 510 g/mol. The zero-order chi connectivity index (χ0) is 24.6. The van der Waals surface area contributed by atoms with E-state index in [9.17, 15) is 18.0 Å². The minimum absolute atomic E-state index is 0.148. The van der Waals surface area contributed by atoms with E-state index in [2.05, 4.69) is 21.2 Å². The van der Waals surface area contributed by atoms with Crippen molar-refractivity contribution < 1.29 is 22.7 Å². The summed E-state index contributed by atoms with van der Waals surface area (Å²) in [6.45, 7) is 3.76. The molecule has 1 atom stereocenters. The predicted octanol–water partition coefficient (Wildman–Crippen LogP) is 3.17. The lowest BCUT2D eigenvalue weighted by Gasteiger charge is -2.31. The molecule has 0 aliphatic heterocycles. The third-order valence-electron chi connectivity index (χ3n) is 4.98. The first-order valence-electron chi connectivity index (χ1n) is 10.5. The van der Waals surface area contributed by atoms with Gasteiger partial charge in [-0.25, -0.2) is 8.42 Å². The average molecular weight is 540 g/mol. The highest BCUT2D eigenvalue weighted by Crippen LogP contribution is 2.24. The van der Waals surface area contributed by atoms with Gasteiger partial charge in [0, 0.05) is 23.6 Å². The Morgan fingerprint density at radius 3 is 2.45 bits per heavy atom. The van der Waals surface area contributed by atoms with E-state index >= 15 is 0 Å². The van der Waals surface area contributed by atoms with E-state index in [-0.39, 0.29) is 12.5 Å². The van der Waals surface area contributed by atoms with Gasteiger partial charge in [0.2, 0.25) is 21.8 Å². The van der Waals surface area contributed by atoms with Crippen LogP contribution in [-0.2, 0) is 26.2 Å². The number of nitrogens with zero attached hydrogens (tertiary/aromatic N) is 2. The first-order chi connectivity index (χ1) is 15.6. The summed E-state index contributed by atoms with van der Waals surface area (Å²) in [6, 6.07) is 13.1. The Morgan fingerprint density at radius 1 is 1.15 bits per heavy atom. The molecule has 0 aromatic heterocycles. The molecular formula is C23H30BrN3O5S. The van der Waals surface area contributed by atoms with Crippen molar-refractivity contribution in [3.63, 3.8) is 0 Å². The first kappa shape index (κ1) is 26.7. The summed E-state index contributed by atoms with van der Waals surface area (Å²) < 4.78 is 32.2. The summed E-state index contributed by atoms with van der Waals surface area (Å²) in [5, 5.41) is 2.80. The second-order valence-corrected chi connectivity index (χ2v) is 10.4. The normalized spacial score (nSPS) is 12.0. The van der Waals surface area contributed by atoms with Crippen LogP contribution in [0, 0.1) is 0 Å². The van der Waals surface area contributed by atoms with Crippen LogP contribution in [0.4, 0.5) is 5.69 Å². The lowest BCUT2D eigenvalue weighted by molar-refractivity contribution is -0.139. The second kappa shape index (κ2) is 12.0. The Hall–Kier alpha value is -2.59. The fraction of sp³-hybridized carbons (Fsp3) is 0.391. The Kier molecular flexibility index (Phi) is 9.72. The molecule has 0 aliphatic rings. The van der Waals surface area contributed by atoms with Crippen molar-refractivity contribution in [1.29, 1.82) is 0 Å². The Bertz CT molecular complexity index is 1080. The highest BCUT2D eigenvalue weighted by molar-refractivity contribution is 9.10. The number of anilines is 1. The van der Waals surface area contributed by atoms with Gasteiger partial charge in [-0.15, -0.1) is 0 Å². The summed E-state index contributed by atoms with van der Waals surface area (Å²) >= 11 is 3.42. The topological polar surface area (TPSA) is 96.0 Å². The fourth-order valence-corrected chi connectivity index (χ4v) is 4.48. The van der Waals surface area contributed by atoms with E-state index in [1.54, 1.807) is 31.2 Å². The van der Waals surface area contributed by atoms with Crippen LogP contribution in [0.3, 0.4) is 0 Å². The van der Waals surface area contributed by atoms with Crippen LogP contribution < -0.4 is 14.4 Å². The van der Waals surface area contributed by atoms with Gasteiger partial charge < -0.3 is 15.0 Å². The number of rotatable bonds is 11. The monoisotopic (exact) mass is 539 g/mol. The maximum absolute atomic E-state index is 13.4. The van der Waals surface area contributed by atoms with Crippen LogP contribution in [0.5, 0.6) is 5.75 Å². The van der Waals surface area contributed by atoms with E-state index in [0.717, 1.165) is 27.0 Å². The van der Waals surface area contributed by atoms with Crippen LogP contribution >= 0.6 is 15.9 Å². The zero-order valence-electron chi connectivity index (χ0n) is 19.2. The summed E-state index contributed by atoms with van der Waals surface area (Å²) in [6.07, 6.45) is 1.80. The van der Waals surface area contributed by atoms with Crippen LogP contribution in [0.1, 0.15) is 25.8 Å². The number of amides is 2. The molecule has 2 aromatic carbocycles. The molecule has 2 aromatic rings. The van der Waals surface area contributed by atoms with Gasteiger partial charge in [0.15, 0.2) is 0 Å². The molecule has 180 valence electrons. The van der Waals surface area contributed by atoms with Gasteiger partial charge >= 0.3 is 0 Å². The maximum Gasteiger partial charge on any atom is 0.244 e. The highest BCUT2D eigenvalue weighted by atomic mass is 79.9. The lowest BCUT2D eigenvalue weighted by atomic mass is 10.1. The van der Waals surface area contributed by atoms with E-state index in [1.165, 1.54) is 12.0 Å². The molecule has 2 amide bonds. The Labute approximate surface area is 204 Å².